The lowest BCUT2D eigenvalue weighted by Gasteiger charge is -2.19. The third-order valence-corrected chi connectivity index (χ3v) is 4.07. The number of nitrogens with two attached hydrogens (primary N) is 1. The number of urea groups is 1. The lowest BCUT2D eigenvalue weighted by molar-refractivity contribution is -0.133. The fourth-order valence-electron chi connectivity index (χ4n) is 2.96. The molecule has 0 bridgehead atoms. The summed E-state index contributed by atoms with van der Waals surface area (Å²) in [5.74, 6) is -0.416. The highest BCUT2D eigenvalue weighted by molar-refractivity contribution is 6.10. The van der Waals surface area contributed by atoms with Crippen LogP contribution in [0.2, 0.25) is 0 Å². The van der Waals surface area contributed by atoms with Gasteiger partial charge in [-0.2, -0.15) is 0 Å². The van der Waals surface area contributed by atoms with E-state index >= 15 is 0 Å². The Bertz CT molecular complexity index is 628. The molecule has 8 nitrogen and oxygen atoms in total. The van der Waals surface area contributed by atoms with Crippen LogP contribution in [0.1, 0.15) is 25.7 Å². The van der Waals surface area contributed by atoms with Crippen LogP contribution >= 0.6 is 12.4 Å². The summed E-state index contributed by atoms with van der Waals surface area (Å²) in [4.78, 5) is 41.2. The van der Waals surface area contributed by atoms with E-state index in [0.29, 0.717) is 24.3 Å². The van der Waals surface area contributed by atoms with Crippen LogP contribution in [0.25, 0.3) is 0 Å². The molecule has 2 aliphatic rings. The average molecular weight is 340 g/mol. The van der Waals surface area contributed by atoms with Crippen molar-refractivity contribution in [3.8, 4) is 0 Å². The van der Waals surface area contributed by atoms with E-state index in [1.807, 2.05) is 0 Å². The lowest BCUT2D eigenvalue weighted by atomic mass is 9.98. The van der Waals surface area contributed by atoms with Gasteiger partial charge in [-0.25, -0.2) is 9.78 Å². The van der Waals surface area contributed by atoms with Gasteiger partial charge in [0.15, 0.2) is 0 Å². The van der Waals surface area contributed by atoms with E-state index in [9.17, 15) is 14.4 Å². The number of hydrogen-bond acceptors (Lipinski definition) is 5. The van der Waals surface area contributed by atoms with Crippen molar-refractivity contribution in [3.63, 3.8) is 0 Å². The molecular formula is C14H18ClN5O3. The molecule has 9 heteroatoms. The smallest absolute Gasteiger partial charge is 0.325 e. The number of anilines is 2. The largest absolute Gasteiger partial charge is 0.384 e. The number of amides is 4. The molecule has 0 aromatic carbocycles. The number of rotatable bonds is 3. The van der Waals surface area contributed by atoms with Gasteiger partial charge in [0.2, 0.25) is 5.91 Å². The van der Waals surface area contributed by atoms with Crippen molar-refractivity contribution in [1.82, 2.24) is 15.2 Å². The topological polar surface area (TPSA) is 117 Å². The first kappa shape index (κ1) is 17.0. The quantitative estimate of drug-likeness (QED) is 0.707. The standard InChI is InChI=1S/C14H17N5O3.ClH/c15-10-4-3-9(7-16-10)17-11(20)8-19-12(21)14(18-13(19)22)5-1-2-6-14;/h3-4,7H,1-2,5-6,8H2,(H2,15,16)(H,17,20)(H,18,22);1H. The lowest BCUT2D eigenvalue weighted by Crippen LogP contribution is -2.44. The first-order chi connectivity index (χ1) is 10.5. The third-order valence-electron chi connectivity index (χ3n) is 4.07. The second kappa shape index (κ2) is 6.41. The maximum absolute atomic E-state index is 12.4. The molecule has 4 N–H and O–H groups in total. The summed E-state index contributed by atoms with van der Waals surface area (Å²) in [5, 5.41) is 5.32. The van der Waals surface area contributed by atoms with Gasteiger partial charge in [-0.05, 0) is 25.0 Å². The number of halogens is 1. The Morgan fingerprint density at radius 3 is 2.65 bits per heavy atom. The predicted octanol–water partition coefficient (Wildman–Crippen LogP) is 0.889. The molecule has 1 saturated heterocycles. The molecule has 1 aromatic heterocycles. The fourth-order valence-corrected chi connectivity index (χ4v) is 2.96. The highest BCUT2D eigenvalue weighted by atomic mass is 35.5. The zero-order chi connectivity index (χ0) is 15.7. The molecule has 1 saturated carbocycles. The van der Waals surface area contributed by atoms with Crippen molar-refractivity contribution in [2.45, 2.75) is 31.2 Å². The van der Waals surface area contributed by atoms with Crippen LogP contribution in [0.15, 0.2) is 18.3 Å². The van der Waals surface area contributed by atoms with Crippen LogP contribution in [0.4, 0.5) is 16.3 Å². The van der Waals surface area contributed by atoms with Crippen LogP contribution in [0.3, 0.4) is 0 Å². The van der Waals surface area contributed by atoms with Crippen LogP contribution in [0, 0.1) is 0 Å². The number of carbonyl (C=O) groups is 3. The summed E-state index contributed by atoms with van der Waals surface area (Å²) < 4.78 is 0. The van der Waals surface area contributed by atoms with Crippen molar-refractivity contribution in [1.29, 1.82) is 0 Å². The minimum Gasteiger partial charge on any atom is -0.384 e. The Morgan fingerprint density at radius 1 is 1.35 bits per heavy atom. The van der Waals surface area contributed by atoms with Gasteiger partial charge in [-0.3, -0.25) is 14.5 Å². The average Bonchev–Trinajstić information content (AvgIpc) is 3.03. The van der Waals surface area contributed by atoms with Crippen LogP contribution in [-0.4, -0.2) is 39.8 Å². The molecule has 2 heterocycles. The summed E-state index contributed by atoms with van der Waals surface area (Å²) in [5.41, 5.74) is 5.13. The number of pyridine rings is 1. The minimum absolute atomic E-state index is 0. The summed E-state index contributed by atoms with van der Waals surface area (Å²) in [7, 11) is 0. The van der Waals surface area contributed by atoms with E-state index in [1.165, 1.54) is 6.20 Å². The van der Waals surface area contributed by atoms with E-state index in [4.69, 9.17) is 5.73 Å². The van der Waals surface area contributed by atoms with Crippen molar-refractivity contribution in [2.24, 2.45) is 0 Å². The Balaban J connectivity index is 0.00000192. The van der Waals surface area contributed by atoms with Gasteiger partial charge in [-0.1, -0.05) is 12.8 Å². The Morgan fingerprint density at radius 2 is 2.04 bits per heavy atom. The zero-order valence-electron chi connectivity index (χ0n) is 12.4. The van der Waals surface area contributed by atoms with Crippen molar-refractivity contribution < 1.29 is 14.4 Å². The van der Waals surface area contributed by atoms with Gasteiger partial charge in [0, 0.05) is 0 Å². The van der Waals surface area contributed by atoms with E-state index in [-0.39, 0.29) is 24.9 Å². The molecule has 124 valence electrons. The van der Waals surface area contributed by atoms with Gasteiger partial charge in [0.05, 0.1) is 11.9 Å². The van der Waals surface area contributed by atoms with Crippen molar-refractivity contribution >= 4 is 41.8 Å². The van der Waals surface area contributed by atoms with Gasteiger partial charge >= 0.3 is 6.03 Å². The monoisotopic (exact) mass is 339 g/mol. The molecule has 0 atom stereocenters. The number of imide groups is 1. The number of aromatic nitrogens is 1. The highest BCUT2D eigenvalue weighted by Gasteiger charge is 2.52. The summed E-state index contributed by atoms with van der Waals surface area (Å²) in [6.07, 6.45) is 4.50. The highest BCUT2D eigenvalue weighted by Crippen LogP contribution is 2.34. The number of nitrogens with one attached hydrogen (secondary N) is 2. The Labute approximate surface area is 139 Å². The molecule has 1 spiro atoms. The summed E-state index contributed by atoms with van der Waals surface area (Å²) >= 11 is 0. The van der Waals surface area contributed by atoms with Crippen LogP contribution in [-0.2, 0) is 9.59 Å². The maximum atomic E-state index is 12.4. The van der Waals surface area contributed by atoms with E-state index < -0.39 is 17.5 Å². The molecule has 0 unspecified atom stereocenters. The number of nitrogens with zero attached hydrogens (tertiary/aromatic N) is 2. The molecule has 0 radical (unpaired) electrons. The Kier molecular flexibility index (Phi) is 4.74. The van der Waals surface area contributed by atoms with Gasteiger partial charge in [0.1, 0.15) is 17.9 Å². The van der Waals surface area contributed by atoms with Gasteiger partial charge in [0.25, 0.3) is 5.91 Å². The molecule has 4 amide bonds. The second-order valence-electron chi connectivity index (χ2n) is 5.63. The first-order valence-electron chi connectivity index (χ1n) is 7.16. The predicted molar refractivity (Wildman–Crippen MR) is 86.0 cm³/mol. The normalized spacial score (nSPS) is 18.7. The van der Waals surface area contributed by atoms with E-state index in [1.54, 1.807) is 12.1 Å². The third kappa shape index (κ3) is 3.21. The van der Waals surface area contributed by atoms with Gasteiger partial charge < -0.3 is 16.4 Å². The van der Waals surface area contributed by atoms with Gasteiger partial charge in [-0.15, -0.1) is 12.4 Å². The Hall–Kier alpha value is -2.35. The molecule has 2 fully saturated rings. The zero-order valence-corrected chi connectivity index (χ0v) is 13.2. The summed E-state index contributed by atoms with van der Waals surface area (Å²) in [6, 6.07) is 2.65. The maximum Gasteiger partial charge on any atom is 0.325 e. The summed E-state index contributed by atoms with van der Waals surface area (Å²) in [6.45, 7) is -0.309. The van der Waals surface area contributed by atoms with Crippen LogP contribution in [0.5, 0.6) is 0 Å². The molecule has 1 aliphatic heterocycles. The fraction of sp³-hybridized carbons (Fsp3) is 0.429. The molecule has 1 aliphatic carbocycles. The number of carbonyl (C=O) groups excluding carboxylic acids is 3. The SMILES string of the molecule is Cl.Nc1ccc(NC(=O)CN2C(=O)NC3(CCCC3)C2=O)cn1. The van der Waals surface area contributed by atoms with Crippen LogP contribution < -0.4 is 16.4 Å². The molecule has 23 heavy (non-hydrogen) atoms. The number of nitrogen functional groups attached to an aromatic ring is 1. The van der Waals surface area contributed by atoms with E-state index in [0.717, 1.165) is 17.7 Å². The molecule has 1 aromatic rings. The first-order valence-corrected chi connectivity index (χ1v) is 7.16. The molecule has 3 rings (SSSR count). The molecular weight excluding hydrogens is 322 g/mol. The van der Waals surface area contributed by atoms with E-state index in [2.05, 4.69) is 15.6 Å². The second-order valence-corrected chi connectivity index (χ2v) is 5.63. The number of hydrogen-bond donors (Lipinski definition) is 3. The van der Waals surface area contributed by atoms with Crippen molar-refractivity contribution in [2.75, 3.05) is 17.6 Å². The minimum atomic E-state index is -0.792. The van der Waals surface area contributed by atoms with Crippen molar-refractivity contribution in [3.05, 3.63) is 18.3 Å².